The maximum atomic E-state index is 12.9. The number of aryl methyl sites for hydroxylation is 2. The van der Waals surface area contributed by atoms with E-state index in [1.165, 1.54) is 0 Å². The van der Waals surface area contributed by atoms with Crippen LogP contribution in [0.4, 0.5) is 5.69 Å². The highest BCUT2D eigenvalue weighted by molar-refractivity contribution is 6.12. The molecule has 1 N–H and O–H groups in total. The number of Topliss-reactive ketones (excluding diaryl/α,β-unsaturated/α-hetero) is 1. The van der Waals surface area contributed by atoms with E-state index in [0.717, 1.165) is 11.1 Å². The molecule has 134 valence electrons. The van der Waals surface area contributed by atoms with Crippen LogP contribution in [-0.4, -0.2) is 10.9 Å². The van der Waals surface area contributed by atoms with E-state index in [1.807, 2.05) is 44.2 Å². The molecule has 0 radical (unpaired) electrons. The van der Waals surface area contributed by atoms with Crippen molar-refractivity contribution >= 4 is 17.2 Å². The van der Waals surface area contributed by atoms with Gasteiger partial charge in [-0.1, -0.05) is 66.7 Å². The molecule has 0 aliphatic rings. The lowest BCUT2D eigenvalue weighted by Gasteiger charge is -2.06. The zero-order valence-corrected chi connectivity index (χ0v) is 15.3. The van der Waals surface area contributed by atoms with E-state index in [2.05, 4.69) is 10.2 Å². The van der Waals surface area contributed by atoms with Gasteiger partial charge in [-0.15, -0.1) is 5.11 Å². The minimum atomic E-state index is -0.385. The summed E-state index contributed by atoms with van der Waals surface area (Å²) < 4.78 is 0. The van der Waals surface area contributed by atoms with Crippen LogP contribution >= 0.6 is 0 Å². The standard InChI is InChI=1S/C23H20N2O2/c1-16-13-14-20(15-17(16)2)24-25-21(22(26)18-9-5-3-6-10-18)23(27)19-11-7-4-8-12-19/h3-15,26H,1-2H3/b22-21-,25-24?. The van der Waals surface area contributed by atoms with Crippen LogP contribution in [0.3, 0.4) is 0 Å². The maximum Gasteiger partial charge on any atom is 0.217 e. The molecule has 0 aliphatic carbocycles. The Morgan fingerprint density at radius 2 is 1.37 bits per heavy atom. The zero-order valence-electron chi connectivity index (χ0n) is 15.3. The highest BCUT2D eigenvalue weighted by atomic mass is 16.3. The Balaban J connectivity index is 2.06. The van der Waals surface area contributed by atoms with Gasteiger partial charge in [0.05, 0.1) is 5.69 Å². The predicted octanol–water partition coefficient (Wildman–Crippen LogP) is 6.20. The van der Waals surface area contributed by atoms with Gasteiger partial charge in [0, 0.05) is 11.1 Å². The van der Waals surface area contributed by atoms with Gasteiger partial charge in [0.15, 0.2) is 11.5 Å². The van der Waals surface area contributed by atoms with E-state index in [-0.39, 0.29) is 17.2 Å². The van der Waals surface area contributed by atoms with Crippen LogP contribution in [0.5, 0.6) is 0 Å². The molecule has 0 aliphatic heterocycles. The molecule has 0 saturated heterocycles. The number of azo groups is 1. The van der Waals surface area contributed by atoms with E-state index in [1.54, 1.807) is 48.5 Å². The van der Waals surface area contributed by atoms with Crippen LogP contribution in [0.2, 0.25) is 0 Å². The van der Waals surface area contributed by atoms with E-state index in [4.69, 9.17) is 0 Å². The molecule has 0 unspecified atom stereocenters. The molecule has 3 aromatic rings. The van der Waals surface area contributed by atoms with E-state index in [9.17, 15) is 9.90 Å². The van der Waals surface area contributed by atoms with Gasteiger partial charge in [-0.25, -0.2) is 0 Å². The molecule has 4 nitrogen and oxygen atoms in total. The topological polar surface area (TPSA) is 62.0 Å². The number of ketones is 1. The van der Waals surface area contributed by atoms with Crippen LogP contribution in [-0.2, 0) is 0 Å². The number of nitrogens with zero attached hydrogens (tertiary/aromatic N) is 2. The Bertz CT molecular complexity index is 1010. The van der Waals surface area contributed by atoms with Crippen LogP contribution in [0.1, 0.15) is 27.0 Å². The number of carbonyl (C=O) groups is 1. The lowest BCUT2D eigenvalue weighted by Crippen LogP contribution is -2.04. The SMILES string of the molecule is Cc1ccc(N=N/C(C(=O)c2ccccc2)=C(\O)c2ccccc2)cc1C. The van der Waals surface area contributed by atoms with Gasteiger partial charge in [0.1, 0.15) is 0 Å². The first-order valence-corrected chi connectivity index (χ1v) is 8.63. The van der Waals surface area contributed by atoms with Crippen LogP contribution in [0.25, 0.3) is 5.76 Å². The van der Waals surface area contributed by atoms with E-state index in [0.29, 0.717) is 16.8 Å². The molecule has 0 spiro atoms. The highest BCUT2D eigenvalue weighted by Crippen LogP contribution is 2.24. The summed E-state index contributed by atoms with van der Waals surface area (Å²) in [5.74, 6) is -0.582. The van der Waals surface area contributed by atoms with Crippen LogP contribution in [0.15, 0.2) is 94.8 Å². The van der Waals surface area contributed by atoms with Gasteiger partial charge in [0.25, 0.3) is 0 Å². The lowest BCUT2D eigenvalue weighted by molar-refractivity contribution is 0.103. The number of aliphatic hydroxyl groups is 1. The smallest absolute Gasteiger partial charge is 0.217 e. The predicted molar refractivity (Wildman–Crippen MR) is 107 cm³/mol. The van der Waals surface area contributed by atoms with E-state index >= 15 is 0 Å². The average molecular weight is 356 g/mol. The average Bonchev–Trinajstić information content (AvgIpc) is 2.71. The van der Waals surface area contributed by atoms with Gasteiger partial charge < -0.3 is 5.11 Å². The Labute approximate surface area is 158 Å². The summed E-state index contributed by atoms with van der Waals surface area (Å²) in [5.41, 5.74) is 3.71. The van der Waals surface area contributed by atoms with E-state index < -0.39 is 0 Å². The van der Waals surface area contributed by atoms with Crippen molar-refractivity contribution in [1.82, 2.24) is 0 Å². The summed E-state index contributed by atoms with van der Waals surface area (Å²) in [6.45, 7) is 4.00. The second kappa shape index (κ2) is 8.23. The molecule has 0 saturated carbocycles. The van der Waals surface area contributed by atoms with Crippen molar-refractivity contribution in [3.05, 3.63) is 107 Å². The Morgan fingerprint density at radius 1 is 0.778 bits per heavy atom. The molecule has 3 rings (SSSR count). The number of hydrogen-bond acceptors (Lipinski definition) is 4. The molecular formula is C23H20N2O2. The molecule has 3 aromatic carbocycles. The monoisotopic (exact) mass is 356 g/mol. The largest absolute Gasteiger partial charge is 0.505 e. The molecule has 0 bridgehead atoms. The van der Waals surface area contributed by atoms with Gasteiger partial charge in [-0.3, -0.25) is 4.79 Å². The molecule has 0 amide bonds. The van der Waals surface area contributed by atoms with Gasteiger partial charge in [-0.05, 0) is 37.1 Å². The first-order chi connectivity index (χ1) is 13.1. The Hall–Kier alpha value is -3.53. The number of aliphatic hydroxyl groups excluding tert-OH is 1. The third-order valence-electron chi connectivity index (χ3n) is 4.28. The Morgan fingerprint density at radius 3 is 1.96 bits per heavy atom. The maximum absolute atomic E-state index is 12.9. The fourth-order valence-corrected chi connectivity index (χ4v) is 2.55. The molecule has 0 heterocycles. The Kier molecular flexibility index (Phi) is 5.57. The summed E-state index contributed by atoms with van der Waals surface area (Å²) in [5, 5.41) is 19.0. The van der Waals surface area contributed by atoms with Gasteiger partial charge in [0.2, 0.25) is 5.78 Å². The summed E-state index contributed by atoms with van der Waals surface area (Å²) in [6.07, 6.45) is 0. The molecule has 0 aromatic heterocycles. The fraction of sp³-hybridized carbons (Fsp3) is 0.0870. The lowest BCUT2D eigenvalue weighted by atomic mass is 10.1. The number of carbonyl (C=O) groups excluding carboxylic acids is 1. The fourth-order valence-electron chi connectivity index (χ4n) is 2.55. The summed E-state index contributed by atoms with van der Waals surface area (Å²) in [7, 11) is 0. The zero-order chi connectivity index (χ0) is 19.2. The summed E-state index contributed by atoms with van der Waals surface area (Å²) in [4.78, 5) is 12.9. The number of benzene rings is 3. The quantitative estimate of drug-likeness (QED) is 0.256. The normalized spacial score (nSPS) is 12.1. The summed E-state index contributed by atoms with van der Waals surface area (Å²) in [6, 6.07) is 23.3. The molecule has 27 heavy (non-hydrogen) atoms. The summed E-state index contributed by atoms with van der Waals surface area (Å²) >= 11 is 0. The van der Waals surface area contributed by atoms with Crippen molar-refractivity contribution in [1.29, 1.82) is 0 Å². The van der Waals surface area contributed by atoms with Crippen molar-refractivity contribution in [2.24, 2.45) is 10.2 Å². The molecule has 4 heteroatoms. The van der Waals surface area contributed by atoms with Crippen molar-refractivity contribution in [3.8, 4) is 0 Å². The third kappa shape index (κ3) is 4.36. The number of allylic oxidation sites excluding steroid dienone is 1. The van der Waals surface area contributed by atoms with Gasteiger partial charge >= 0.3 is 0 Å². The number of rotatable bonds is 5. The van der Waals surface area contributed by atoms with Crippen molar-refractivity contribution in [3.63, 3.8) is 0 Å². The second-order valence-electron chi connectivity index (χ2n) is 6.23. The third-order valence-corrected chi connectivity index (χ3v) is 4.28. The molecule has 0 atom stereocenters. The minimum Gasteiger partial charge on any atom is -0.505 e. The first kappa shape index (κ1) is 18.3. The van der Waals surface area contributed by atoms with Gasteiger partial charge in [-0.2, -0.15) is 5.11 Å². The highest BCUT2D eigenvalue weighted by Gasteiger charge is 2.18. The van der Waals surface area contributed by atoms with Crippen LogP contribution < -0.4 is 0 Å². The van der Waals surface area contributed by atoms with Crippen molar-refractivity contribution < 1.29 is 9.90 Å². The first-order valence-electron chi connectivity index (χ1n) is 8.63. The minimum absolute atomic E-state index is 0.0920. The molecular weight excluding hydrogens is 336 g/mol. The van der Waals surface area contributed by atoms with Crippen LogP contribution in [0, 0.1) is 13.8 Å². The second-order valence-corrected chi connectivity index (χ2v) is 6.23. The van der Waals surface area contributed by atoms with Crippen molar-refractivity contribution in [2.75, 3.05) is 0 Å². The molecule has 0 fully saturated rings. The number of hydrogen-bond donors (Lipinski definition) is 1. The van der Waals surface area contributed by atoms with Crippen molar-refractivity contribution in [2.45, 2.75) is 13.8 Å².